The Kier molecular flexibility index (Phi) is 2.29. The van der Waals surface area contributed by atoms with Crippen molar-refractivity contribution in [3.63, 3.8) is 0 Å². The fraction of sp³-hybridized carbons (Fsp3) is 0. The van der Waals surface area contributed by atoms with Gasteiger partial charge in [0, 0.05) is 6.21 Å². The van der Waals surface area contributed by atoms with E-state index in [-0.39, 0.29) is 0 Å². The van der Waals surface area contributed by atoms with Crippen molar-refractivity contribution in [3.05, 3.63) is 35.9 Å². The number of benzene rings is 1. The normalized spacial score (nSPS) is 8.80. The van der Waals surface area contributed by atoms with Gasteiger partial charge in [0.25, 0.3) is 0 Å². The maximum atomic E-state index is 6.88. The standard InChI is InChI=1S/C8H7NS/c9-6-8(10)7-4-2-1-3-5-7/h1-6,9H. The van der Waals surface area contributed by atoms with Crippen molar-refractivity contribution in [2.45, 2.75) is 0 Å². The van der Waals surface area contributed by atoms with E-state index in [0.29, 0.717) is 4.86 Å². The summed E-state index contributed by atoms with van der Waals surface area (Å²) in [7, 11) is 0. The first-order valence-corrected chi connectivity index (χ1v) is 3.35. The lowest BCUT2D eigenvalue weighted by Crippen LogP contribution is -1.95. The summed E-state index contributed by atoms with van der Waals surface area (Å²) in [5.41, 5.74) is 0.938. The van der Waals surface area contributed by atoms with E-state index >= 15 is 0 Å². The van der Waals surface area contributed by atoms with E-state index in [1.165, 1.54) is 6.21 Å². The van der Waals surface area contributed by atoms with Crippen molar-refractivity contribution < 1.29 is 0 Å². The zero-order chi connectivity index (χ0) is 7.40. The SMILES string of the molecule is N=CC(=S)c1ccccc1. The van der Waals surface area contributed by atoms with E-state index in [4.69, 9.17) is 17.6 Å². The van der Waals surface area contributed by atoms with Crippen LogP contribution in [0.3, 0.4) is 0 Å². The van der Waals surface area contributed by atoms with Crippen LogP contribution in [-0.4, -0.2) is 11.1 Å². The third kappa shape index (κ3) is 1.48. The Balaban J connectivity index is 2.95. The zero-order valence-corrected chi connectivity index (χ0v) is 6.19. The summed E-state index contributed by atoms with van der Waals surface area (Å²) in [6, 6.07) is 9.53. The molecule has 10 heavy (non-hydrogen) atoms. The number of thiocarbonyl (C=S) groups is 1. The van der Waals surface area contributed by atoms with Crippen LogP contribution in [0.15, 0.2) is 30.3 Å². The molecule has 1 rings (SSSR count). The highest BCUT2D eigenvalue weighted by atomic mass is 32.1. The quantitative estimate of drug-likeness (QED) is 0.388. The van der Waals surface area contributed by atoms with Crippen molar-refractivity contribution >= 4 is 23.3 Å². The molecule has 0 fully saturated rings. The minimum absolute atomic E-state index is 0.584. The number of hydrogen-bond acceptors (Lipinski definition) is 2. The van der Waals surface area contributed by atoms with Crippen LogP contribution < -0.4 is 0 Å². The molecule has 2 heteroatoms. The Morgan fingerprint density at radius 3 is 2.40 bits per heavy atom. The van der Waals surface area contributed by atoms with Crippen LogP contribution in [0.25, 0.3) is 0 Å². The summed E-state index contributed by atoms with van der Waals surface area (Å²) in [5, 5.41) is 6.88. The zero-order valence-electron chi connectivity index (χ0n) is 5.37. The van der Waals surface area contributed by atoms with Gasteiger partial charge in [0.2, 0.25) is 0 Å². The van der Waals surface area contributed by atoms with Gasteiger partial charge in [0.1, 0.15) is 0 Å². The highest BCUT2D eigenvalue weighted by Gasteiger charge is 1.92. The Morgan fingerprint density at radius 2 is 1.90 bits per heavy atom. The topological polar surface area (TPSA) is 23.9 Å². The minimum atomic E-state index is 0.584. The fourth-order valence-electron chi connectivity index (χ4n) is 0.686. The van der Waals surface area contributed by atoms with Gasteiger partial charge >= 0.3 is 0 Å². The molecule has 0 saturated heterocycles. The molecule has 1 aromatic rings. The van der Waals surface area contributed by atoms with Crippen molar-refractivity contribution in [2.75, 3.05) is 0 Å². The van der Waals surface area contributed by atoms with Crippen LogP contribution in [0.5, 0.6) is 0 Å². The monoisotopic (exact) mass is 149 g/mol. The second-order valence-electron chi connectivity index (χ2n) is 1.87. The first kappa shape index (κ1) is 7.09. The van der Waals surface area contributed by atoms with Crippen molar-refractivity contribution in [2.24, 2.45) is 0 Å². The fourth-order valence-corrected chi connectivity index (χ4v) is 0.822. The van der Waals surface area contributed by atoms with Crippen molar-refractivity contribution in [3.8, 4) is 0 Å². The summed E-state index contributed by atoms with van der Waals surface area (Å²) >= 11 is 4.88. The molecular weight excluding hydrogens is 142 g/mol. The van der Waals surface area contributed by atoms with E-state index in [1.54, 1.807) is 0 Å². The molecule has 0 amide bonds. The van der Waals surface area contributed by atoms with Crippen LogP contribution in [0, 0.1) is 5.41 Å². The number of nitrogens with one attached hydrogen (secondary N) is 1. The average molecular weight is 149 g/mol. The highest BCUT2D eigenvalue weighted by Crippen LogP contribution is 1.98. The van der Waals surface area contributed by atoms with Crippen molar-refractivity contribution in [1.82, 2.24) is 0 Å². The van der Waals surface area contributed by atoms with Gasteiger partial charge in [-0.2, -0.15) is 0 Å². The number of rotatable bonds is 2. The summed E-state index contributed by atoms with van der Waals surface area (Å²) in [6.07, 6.45) is 1.19. The van der Waals surface area contributed by atoms with Crippen LogP contribution in [-0.2, 0) is 0 Å². The first-order valence-electron chi connectivity index (χ1n) is 2.94. The smallest absolute Gasteiger partial charge is 0.0625 e. The molecule has 0 aliphatic carbocycles. The van der Waals surface area contributed by atoms with Gasteiger partial charge in [0.05, 0.1) is 4.86 Å². The molecule has 1 aromatic carbocycles. The van der Waals surface area contributed by atoms with Crippen LogP contribution in [0.2, 0.25) is 0 Å². The van der Waals surface area contributed by atoms with Crippen LogP contribution >= 0.6 is 12.2 Å². The van der Waals surface area contributed by atoms with Gasteiger partial charge < -0.3 is 5.41 Å². The van der Waals surface area contributed by atoms with Gasteiger partial charge in [-0.3, -0.25) is 0 Å². The lowest BCUT2D eigenvalue weighted by Gasteiger charge is -1.93. The average Bonchev–Trinajstić information content (AvgIpc) is 2.05. The largest absolute Gasteiger partial charge is 0.307 e. The molecule has 0 unspecified atom stereocenters. The molecule has 1 nitrogen and oxygen atoms in total. The second kappa shape index (κ2) is 3.22. The minimum Gasteiger partial charge on any atom is -0.307 e. The lowest BCUT2D eigenvalue weighted by atomic mass is 10.2. The molecule has 0 heterocycles. The molecular formula is C8H7NS. The summed E-state index contributed by atoms with van der Waals surface area (Å²) in [5.74, 6) is 0. The predicted octanol–water partition coefficient (Wildman–Crippen LogP) is 2.05. The van der Waals surface area contributed by atoms with E-state index in [2.05, 4.69) is 0 Å². The molecule has 0 aliphatic rings. The third-order valence-corrected chi connectivity index (χ3v) is 1.54. The van der Waals surface area contributed by atoms with Gasteiger partial charge in [-0.1, -0.05) is 42.5 Å². The molecule has 0 saturated carbocycles. The summed E-state index contributed by atoms with van der Waals surface area (Å²) in [4.78, 5) is 0.584. The number of hydrogen-bond donors (Lipinski definition) is 1. The Morgan fingerprint density at radius 1 is 1.30 bits per heavy atom. The highest BCUT2D eigenvalue weighted by molar-refractivity contribution is 7.82. The van der Waals surface area contributed by atoms with Crippen molar-refractivity contribution in [1.29, 1.82) is 5.41 Å². The summed E-state index contributed by atoms with van der Waals surface area (Å²) < 4.78 is 0. The van der Waals surface area contributed by atoms with E-state index in [0.717, 1.165) is 5.56 Å². The Labute approximate surface area is 65.2 Å². The molecule has 0 atom stereocenters. The van der Waals surface area contributed by atoms with Gasteiger partial charge in [0.15, 0.2) is 0 Å². The maximum absolute atomic E-state index is 6.88. The molecule has 0 aliphatic heterocycles. The predicted molar refractivity (Wildman–Crippen MR) is 46.9 cm³/mol. The van der Waals surface area contributed by atoms with E-state index in [9.17, 15) is 0 Å². The summed E-state index contributed by atoms with van der Waals surface area (Å²) in [6.45, 7) is 0. The van der Waals surface area contributed by atoms with E-state index in [1.807, 2.05) is 30.3 Å². The third-order valence-electron chi connectivity index (χ3n) is 1.19. The van der Waals surface area contributed by atoms with Gasteiger partial charge in [-0.25, -0.2) is 0 Å². The Hall–Kier alpha value is -1.02. The molecule has 1 N–H and O–H groups in total. The molecule has 0 aromatic heterocycles. The lowest BCUT2D eigenvalue weighted by molar-refractivity contribution is 1.59. The Bertz CT molecular complexity index is 241. The van der Waals surface area contributed by atoms with Crippen LogP contribution in [0.4, 0.5) is 0 Å². The molecule has 50 valence electrons. The first-order chi connectivity index (χ1) is 4.84. The molecule has 0 bridgehead atoms. The van der Waals surface area contributed by atoms with Crippen LogP contribution in [0.1, 0.15) is 5.56 Å². The maximum Gasteiger partial charge on any atom is 0.0625 e. The second-order valence-corrected chi connectivity index (χ2v) is 2.31. The van der Waals surface area contributed by atoms with Gasteiger partial charge in [-0.15, -0.1) is 0 Å². The molecule has 0 radical (unpaired) electrons. The van der Waals surface area contributed by atoms with Gasteiger partial charge in [-0.05, 0) is 5.56 Å². The van der Waals surface area contributed by atoms with E-state index < -0.39 is 0 Å². The molecule has 0 spiro atoms.